The van der Waals surface area contributed by atoms with E-state index in [2.05, 4.69) is 0 Å². The number of halogens is 1. The Bertz CT molecular complexity index is 262. The molecule has 10 heavy (non-hydrogen) atoms. The van der Waals surface area contributed by atoms with Gasteiger partial charge in [-0.1, -0.05) is 0 Å². The van der Waals surface area contributed by atoms with Crippen LogP contribution in [0.4, 0.5) is 4.39 Å². The van der Waals surface area contributed by atoms with Crippen LogP contribution in [-0.4, -0.2) is 18.4 Å². The normalized spacial score (nSPS) is 13.0. The van der Waals surface area contributed by atoms with Gasteiger partial charge in [-0.05, 0) is 0 Å². The minimum absolute atomic E-state index is 0.0810. The Balaban J connectivity index is 3.15. The van der Waals surface area contributed by atoms with Crippen LogP contribution in [0.15, 0.2) is 24.3 Å². The molecule has 1 aromatic rings. The fourth-order valence-electron chi connectivity index (χ4n) is 0.586. The summed E-state index contributed by atoms with van der Waals surface area (Å²) in [6.07, 6.45) is 0. The van der Waals surface area contributed by atoms with E-state index in [1.54, 1.807) is 0 Å². The zero-order valence-electron chi connectivity index (χ0n) is 4.95. The molecule has 1 aromatic carbocycles. The molecule has 0 saturated carbocycles. The first-order valence-corrected chi connectivity index (χ1v) is 4.89. The summed E-state index contributed by atoms with van der Waals surface area (Å²) in [7, 11) is 0. The van der Waals surface area contributed by atoms with Crippen molar-refractivity contribution in [3.8, 4) is 0 Å². The molecule has 4 heteroatoms. The second-order valence-corrected chi connectivity index (χ2v) is 3.65. The number of hydrogen-bond acceptors (Lipinski definition) is 1. The maximum atomic E-state index is 12.5. The first kappa shape index (κ1) is 7.54. The molecule has 0 bridgehead atoms. The van der Waals surface area contributed by atoms with E-state index in [4.69, 9.17) is 4.19 Å². The van der Waals surface area contributed by atoms with Gasteiger partial charge in [0.1, 0.15) is 0 Å². The van der Waals surface area contributed by atoms with Crippen molar-refractivity contribution < 1.29 is 12.4 Å². The Hall–Kier alpha value is -0.571. The van der Waals surface area contributed by atoms with E-state index in [0.717, 1.165) is 0 Å². The van der Waals surface area contributed by atoms with Crippen LogP contribution in [0, 0.1) is 5.82 Å². The monoisotopic (exact) mass is 208 g/mol. The van der Waals surface area contributed by atoms with Crippen molar-refractivity contribution in [2.45, 2.75) is 0 Å². The molecule has 1 rings (SSSR count). The van der Waals surface area contributed by atoms with E-state index in [0.29, 0.717) is 0 Å². The molecule has 54 valence electrons. The molecule has 1 N–H and O–H groups in total. The molecule has 0 aliphatic rings. The Morgan fingerprint density at radius 3 is 2.40 bits per heavy atom. The standard InChI is InChI=1S/C6H5FO2Se/c7-5-3-1-2-4-6(5)10(8)9/h1-4H,(H,8,9). The Morgan fingerprint density at radius 1 is 1.40 bits per heavy atom. The van der Waals surface area contributed by atoms with Crippen molar-refractivity contribution in [3.05, 3.63) is 30.1 Å². The summed E-state index contributed by atoms with van der Waals surface area (Å²) in [5.41, 5.74) is 0. The zero-order valence-corrected chi connectivity index (χ0v) is 6.66. The van der Waals surface area contributed by atoms with Crippen molar-refractivity contribution in [1.29, 1.82) is 0 Å². The van der Waals surface area contributed by atoms with Crippen molar-refractivity contribution in [2.75, 3.05) is 0 Å². The molecule has 0 saturated heterocycles. The fraction of sp³-hybridized carbons (Fsp3) is 0. The van der Waals surface area contributed by atoms with E-state index in [1.165, 1.54) is 24.3 Å². The molecule has 0 aliphatic heterocycles. The van der Waals surface area contributed by atoms with Crippen LogP contribution >= 0.6 is 0 Å². The molecule has 1 atom stereocenters. The second-order valence-electron chi connectivity index (χ2n) is 1.68. The molecule has 0 amide bonds. The molecule has 0 heterocycles. The van der Waals surface area contributed by atoms with Gasteiger partial charge in [0.2, 0.25) is 0 Å². The van der Waals surface area contributed by atoms with E-state index < -0.39 is 20.0 Å². The SMILES string of the molecule is O=[Se](O)c1ccccc1F. The van der Waals surface area contributed by atoms with Crippen molar-refractivity contribution >= 4 is 18.6 Å². The van der Waals surface area contributed by atoms with Crippen molar-refractivity contribution in [3.63, 3.8) is 0 Å². The Morgan fingerprint density at radius 2 is 2.00 bits per heavy atom. The third-order valence-electron chi connectivity index (χ3n) is 1.02. The van der Waals surface area contributed by atoms with Gasteiger partial charge in [0.25, 0.3) is 0 Å². The van der Waals surface area contributed by atoms with Crippen LogP contribution in [-0.2, 0) is 3.83 Å². The molecular weight excluding hydrogens is 202 g/mol. The van der Waals surface area contributed by atoms with Crippen LogP contribution in [0.3, 0.4) is 0 Å². The molecule has 0 aliphatic carbocycles. The van der Waals surface area contributed by atoms with Gasteiger partial charge in [0.05, 0.1) is 0 Å². The number of hydrogen-bond donors (Lipinski definition) is 1. The van der Waals surface area contributed by atoms with Gasteiger partial charge >= 0.3 is 61.1 Å². The summed E-state index contributed by atoms with van der Waals surface area (Å²) in [6.45, 7) is 0. The molecule has 0 fully saturated rings. The summed E-state index contributed by atoms with van der Waals surface area (Å²) >= 11 is -3.07. The van der Waals surface area contributed by atoms with Gasteiger partial charge in [-0.2, -0.15) is 0 Å². The van der Waals surface area contributed by atoms with Crippen LogP contribution < -0.4 is 4.46 Å². The summed E-state index contributed by atoms with van der Waals surface area (Å²) < 4.78 is 31.4. The second kappa shape index (κ2) is 3.01. The van der Waals surface area contributed by atoms with Gasteiger partial charge in [-0.3, -0.25) is 0 Å². The van der Waals surface area contributed by atoms with Gasteiger partial charge < -0.3 is 0 Å². The van der Waals surface area contributed by atoms with Crippen LogP contribution in [0.5, 0.6) is 0 Å². The molecule has 1 unspecified atom stereocenters. The topological polar surface area (TPSA) is 37.3 Å². The van der Waals surface area contributed by atoms with E-state index in [9.17, 15) is 8.23 Å². The quantitative estimate of drug-likeness (QED) is 0.655. The van der Waals surface area contributed by atoms with Crippen LogP contribution in [0.25, 0.3) is 0 Å². The Labute approximate surface area is 61.7 Å². The van der Waals surface area contributed by atoms with E-state index >= 15 is 0 Å². The molecule has 0 radical (unpaired) electrons. The average Bonchev–Trinajstić information content (AvgIpc) is 1.88. The molecule has 0 spiro atoms. The van der Waals surface area contributed by atoms with Crippen molar-refractivity contribution in [1.82, 2.24) is 0 Å². The first-order chi connectivity index (χ1) is 4.72. The third kappa shape index (κ3) is 1.48. The van der Waals surface area contributed by atoms with Gasteiger partial charge in [0.15, 0.2) is 0 Å². The number of rotatable bonds is 1. The summed E-state index contributed by atoms with van der Waals surface area (Å²) in [5.74, 6) is -0.606. The van der Waals surface area contributed by atoms with Crippen molar-refractivity contribution in [2.24, 2.45) is 0 Å². The van der Waals surface area contributed by atoms with Gasteiger partial charge in [-0.25, -0.2) is 0 Å². The summed E-state index contributed by atoms with van der Waals surface area (Å²) in [5, 5.41) is 0. The summed E-state index contributed by atoms with van der Waals surface area (Å²) in [6, 6.07) is 5.49. The molecule has 0 aromatic heterocycles. The van der Waals surface area contributed by atoms with E-state index in [-0.39, 0.29) is 4.46 Å². The predicted molar refractivity (Wildman–Crippen MR) is 34.7 cm³/mol. The third-order valence-corrected chi connectivity index (χ3v) is 2.51. The van der Waals surface area contributed by atoms with E-state index in [1.807, 2.05) is 0 Å². The predicted octanol–water partition coefficient (Wildman–Crippen LogP) is -0.0563. The summed E-state index contributed by atoms with van der Waals surface area (Å²) in [4.78, 5) is 0. The first-order valence-electron chi connectivity index (χ1n) is 2.57. The van der Waals surface area contributed by atoms with Crippen LogP contribution in [0.1, 0.15) is 0 Å². The molecule has 2 nitrogen and oxygen atoms in total. The molecular formula is C6H5FO2Se. The number of benzene rings is 1. The Kier molecular flexibility index (Phi) is 2.27. The minimum atomic E-state index is -3.07. The van der Waals surface area contributed by atoms with Gasteiger partial charge in [0, 0.05) is 0 Å². The fourth-order valence-corrected chi connectivity index (χ4v) is 1.49. The maximum absolute atomic E-state index is 12.5. The van der Waals surface area contributed by atoms with Gasteiger partial charge in [-0.15, -0.1) is 0 Å². The van der Waals surface area contributed by atoms with Crippen LogP contribution in [0.2, 0.25) is 0 Å². The zero-order chi connectivity index (χ0) is 7.56. The average molecular weight is 207 g/mol.